The van der Waals surface area contributed by atoms with Gasteiger partial charge in [-0.2, -0.15) is 0 Å². The smallest absolute Gasteiger partial charge is 0.143 e. The number of anilines is 1. The highest BCUT2D eigenvalue weighted by atomic mass is 79.9. The molecule has 1 aromatic rings. The van der Waals surface area contributed by atoms with E-state index < -0.39 is 0 Å². The number of hydrogen-bond acceptors (Lipinski definition) is 2. The Labute approximate surface area is 99.4 Å². The standard InChI is InChI=1S/C12H16BrNO/c1-9-4-3-7-14(9)11-6-5-10(13)8-12(11)15-2/h5-6,8-9H,3-4,7H2,1-2H3. The molecule has 1 saturated heterocycles. The van der Waals surface area contributed by atoms with Crippen molar-refractivity contribution in [2.45, 2.75) is 25.8 Å². The maximum atomic E-state index is 5.42. The first-order chi connectivity index (χ1) is 7.22. The molecule has 1 aliphatic heterocycles. The van der Waals surface area contributed by atoms with Crippen LogP contribution in [0.15, 0.2) is 22.7 Å². The van der Waals surface area contributed by atoms with Crippen LogP contribution >= 0.6 is 15.9 Å². The molecule has 1 aromatic carbocycles. The Morgan fingerprint density at radius 2 is 2.27 bits per heavy atom. The van der Waals surface area contributed by atoms with E-state index in [0.717, 1.165) is 16.8 Å². The van der Waals surface area contributed by atoms with Gasteiger partial charge >= 0.3 is 0 Å². The van der Waals surface area contributed by atoms with Gasteiger partial charge in [0.2, 0.25) is 0 Å². The maximum Gasteiger partial charge on any atom is 0.143 e. The fourth-order valence-corrected chi connectivity index (χ4v) is 2.52. The second-order valence-corrected chi connectivity index (χ2v) is 4.92. The zero-order valence-corrected chi connectivity index (χ0v) is 10.8. The second kappa shape index (κ2) is 4.44. The summed E-state index contributed by atoms with van der Waals surface area (Å²) < 4.78 is 6.48. The van der Waals surface area contributed by atoms with Crippen LogP contribution < -0.4 is 9.64 Å². The lowest BCUT2D eigenvalue weighted by Crippen LogP contribution is -2.26. The lowest BCUT2D eigenvalue weighted by Gasteiger charge is -2.25. The molecule has 0 bridgehead atoms. The molecule has 1 fully saturated rings. The molecule has 2 nitrogen and oxygen atoms in total. The van der Waals surface area contributed by atoms with Crippen LogP contribution in [0, 0.1) is 0 Å². The molecule has 0 radical (unpaired) electrons. The highest BCUT2D eigenvalue weighted by Gasteiger charge is 2.22. The number of benzene rings is 1. The number of nitrogens with zero attached hydrogens (tertiary/aromatic N) is 1. The minimum Gasteiger partial charge on any atom is -0.495 e. The molecule has 1 heterocycles. The van der Waals surface area contributed by atoms with Crippen molar-refractivity contribution in [2.24, 2.45) is 0 Å². The predicted molar refractivity (Wildman–Crippen MR) is 66.7 cm³/mol. The van der Waals surface area contributed by atoms with Gasteiger partial charge in [-0.25, -0.2) is 0 Å². The normalized spacial score (nSPS) is 20.7. The number of methoxy groups -OCH3 is 1. The van der Waals surface area contributed by atoms with Crippen molar-refractivity contribution < 1.29 is 4.74 Å². The highest BCUT2D eigenvalue weighted by Crippen LogP contribution is 2.35. The summed E-state index contributed by atoms with van der Waals surface area (Å²) in [4.78, 5) is 2.42. The molecule has 1 aliphatic rings. The van der Waals surface area contributed by atoms with Crippen LogP contribution in [0.25, 0.3) is 0 Å². The van der Waals surface area contributed by atoms with Crippen molar-refractivity contribution in [1.29, 1.82) is 0 Å². The quantitative estimate of drug-likeness (QED) is 0.816. The number of ether oxygens (including phenoxy) is 1. The minimum atomic E-state index is 0.625. The van der Waals surface area contributed by atoms with Gasteiger partial charge in [-0.1, -0.05) is 15.9 Å². The number of hydrogen-bond donors (Lipinski definition) is 0. The third-order valence-corrected chi connectivity index (χ3v) is 3.50. The van der Waals surface area contributed by atoms with Gasteiger partial charge < -0.3 is 9.64 Å². The zero-order chi connectivity index (χ0) is 10.8. The van der Waals surface area contributed by atoms with Gasteiger partial charge in [0.1, 0.15) is 5.75 Å². The van der Waals surface area contributed by atoms with E-state index in [9.17, 15) is 0 Å². The molecular weight excluding hydrogens is 254 g/mol. The first kappa shape index (κ1) is 10.8. The monoisotopic (exact) mass is 269 g/mol. The first-order valence-electron chi connectivity index (χ1n) is 5.32. The van der Waals surface area contributed by atoms with Crippen molar-refractivity contribution in [1.82, 2.24) is 0 Å². The summed E-state index contributed by atoms with van der Waals surface area (Å²) in [5.41, 5.74) is 1.21. The van der Waals surface area contributed by atoms with Gasteiger partial charge in [0, 0.05) is 17.1 Å². The minimum absolute atomic E-state index is 0.625. The summed E-state index contributed by atoms with van der Waals surface area (Å²) in [5.74, 6) is 0.957. The molecule has 0 aromatic heterocycles. The lowest BCUT2D eigenvalue weighted by molar-refractivity contribution is 0.414. The van der Waals surface area contributed by atoms with Gasteiger partial charge in [0.05, 0.1) is 12.8 Å². The first-order valence-corrected chi connectivity index (χ1v) is 6.12. The van der Waals surface area contributed by atoms with Gasteiger partial charge in [-0.15, -0.1) is 0 Å². The lowest BCUT2D eigenvalue weighted by atomic mass is 10.2. The fraction of sp³-hybridized carbons (Fsp3) is 0.500. The van der Waals surface area contributed by atoms with Crippen LogP contribution in [0.2, 0.25) is 0 Å². The maximum absolute atomic E-state index is 5.42. The van der Waals surface area contributed by atoms with Crippen molar-refractivity contribution in [3.05, 3.63) is 22.7 Å². The summed E-state index contributed by atoms with van der Waals surface area (Å²) >= 11 is 3.46. The van der Waals surface area contributed by atoms with Crippen molar-refractivity contribution in [3.63, 3.8) is 0 Å². The average molecular weight is 270 g/mol. The zero-order valence-electron chi connectivity index (χ0n) is 9.16. The van der Waals surface area contributed by atoms with E-state index >= 15 is 0 Å². The van der Waals surface area contributed by atoms with Gasteiger partial charge in [-0.3, -0.25) is 0 Å². The van der Waals surface area contributed by atoms with E-state index in [2.05, 4.69) is 39.9 Å². The van der Waals surface area contributed by atoms with Crippen LogP contribution in [0.5, 0.6) is 5.75 Å². The fourth-order valence-electron chi connectivity index (χ4n) is 2.18. The van der Waals surface area contributed by atoms with Gasteiger partial charge in [-0.05, 0) is 38.0 Å². The average Bonchev–Trinajstić information content (AvgIpc) is 2.64. The van der Waals surface area contributed by atoms with E-state index in [-0.39, 0.29) is 0 Å². The third-order valence-electron chi connectivity index (χ3n) is 3.00. The van der Waals surface area contributed by atoms with Crippen LogP contribution in [-0.2, 0) is 0 Å². The molecular formula is C12H16BrNO. The highest BCUT2D eigenvalue weighted by molar-refractivity contribution is 9.10. The molecule has 0 N–H and O–H groups in total. The van der Waals surface area contributed by atoms with Gasteiger partial charge in [0.15, 0.2) is 0 Å². The van der Waals surface area contributed by atoms with E-state index in [0.29, 0.717) is 6.04 Å². The van der Waals surface area contributed by atoms with Gasteiger partial charge in [0.25, 0.3) is 0 Å². The Balaban J connectivity index is 2.34. The SMILES string of the molecule is COc1cc(Br)ccc1N1CCCC1C. The Hall–Kier alpha value is -0.700. The molecule has 2 rings (SSSR count). The van der Waals surface area contributed by atoms with Crippen molar-refractivity contribution in [2.75, 3.05) is 18.6 Å². The van der Waals surface area contributed by atoms with Crippen LogP contribution in [0.3, 0.4) is 0 Å². The van der Waals surface area contributed by atoms with E-state index in [1.54, 1.807) is 7.11 Å². The molecule has 0 saturated carbocycles. The Morgan fingerprint density at radius 3 is 2.87 bits per heavy atom. The Bertz CT molecular complexity index is 353. The van der Waals surface area contributed by atoms with Crippen LogP contribution in [-0.4, -0.2) is 19.7 Å². The molecule has 15 heavy (non-hydrogen) atoms. The van der Waals surface area contributed by atoms with E-state index in [1.807, 2.05) is 6.07 Å². The summed E-state index contributed by atoms with van der Waals surface area (Å²) in [6, 6.07) is 6.86. The Kier molecular flexibility index (Phi) is 3.19. The molecule has 3 heteroatoms. The van der Waals surface area contributed by atoms with Crippen LogP contribution in [0.1, 0.15) is 19.8 Å². The topological polar surface area (TPSA) is 12.5 Å². The van der Waals surface area contributed by atoms with Crippen LogP contribution in [0.4, 0.5) is 5.69 Å². The third kappa shape index (κ3) is 2.12. The van der Waals surface area contributed by atoms with Crippen molar-refractivity contribution in [3.8, 4) is 5.75 Å². The molecule has 1 atom stereocenters. The summed E-state index contributed by atoms with van der Waals surface area (Å²) in [5, 5.41) is 0. The molecule has 0 spiro atoms. The Morgan fingerprint density at radius 1 is 1.47 bits per heavy atom. The number of rotatable bonds is 2. The molecule has 0 amide bonds. The van der Waals surface area contributed by atoms with Crippen molar-refractivity contribution >= 4 is 21.6 Å². The molecule has 82 valence electrons. The van der Waals surface area contributed by atoms with E-state index in [1.165, 1.54) is 18.5 Å². The summed E-state index contributed by atoms with van der Waals surface area (Å²) in [7, 11) is 1.73. The second-order valence-electron chi connectivity index (χ2n) is 4.00. The summed E-state index contributed by atoms with van der Waals surface area (Å²) in [6.07, 6.45) is 2.56. The summed E-state index contributed by atoms with van der Waals surface area (Å²) in [6.45, 7) is 3.41. The molecule has 0 aliphatic carbocycles. The number of halogens is 1. The largest absolute Gasteiger partial charge is 0.495 e. The van der Waals surface area contributed by atoms with E-state index in [4.69, 9.17) is 4.74 Å². The predicted octanol–water partition coefficient (Wildman–Crippen LogP) is 3.45. The molecule has 1 unspecified atom stereocenters.